The molecule has 0 N–H and O–H groups in total. The van der Waals surface area contributed by atoms with E-state index in [1.165, 1.54) is 0 Å². The topological polar surface area (TPSA) is 26.3 Å². The molecule has 0 saturated carbocycles. The summed E-state index contributed by atoms with van der Waals surface area (Å²) in [5.74, 6) is 1.33. The van der Waals surface area contributed by atoms with Gasteiger partial charge in [-0.05, 0) is 36.6 Å². The van der Waals surface area contributed by atoms with E-state index in [0.29, 0.717) is 28.3 Å². The molecule has 3 aromatic rings. The number of hydrogen-bond acceptors (Lipinski definition) is 3. The van der Waals surface area contributed by atoms with Crippen LogP contribution in [0.1, 0.15) is 20.3 Å². The highest BCUT2D eigenvalue weighted by molar-refractivity contribution is 7.25. The smallest absolute Gasteiger partial charge is 0.197 e. The van der Waals surface area contributed by atoms with Gasteiger partial charge in [0, 0.05) is 10.1 Å². The number of benzene rings is 2. The molecule has 0 atom stereocenters. The normalized spacial score (nSPS) is 11.5. The van der Waals surface area contributed by atoms with Crippen molar-refractivity contribution in [2.45, 2.75) is 20.3 Å². The Balaban J connectivity index is 2.18. The van der Waals surface area contributed by atoms with Crippen molar-refractivity contribution in [1.82, 2.24) is 0 Å². The molecule has 3 rings (SSSR count). The van der Waals surface area contributed by atoms with E-state index in [0.717, 1.165) is 21.6 Å². The zero-order chi connectivity index (χ0) is 15.7. The predicted octanol–water partition coefficient (Wildman–Crippen LogP) is 5.49. The molecule has 22 heavy (non-hydrogen) atoms. The second-order valence-electron chi connectivity index (χ2n) is 5.71. The van der Waals surface area contributed by atoms with E-state index in [1.54, 1.807) is 17.4 Å². The van der Waals surface area contributed by atoms with E-state index in [4.69, 9.17) is 16.3 Å². The van der Waals surface area contributed by atoms with Crippen LogP contribution in [0, 0.1) is 5.92 Å². The standard InChI is InChI=1S/C18H17ClO2S/c1-11(2)9-10-21-14-8-7-13(19)16-17(20)12-5-3-4-6-15(12)22-18(14)16/h3-8,11H,9-10H2,1-2H3. The fourth-order valence-corrected chi connectivity index (χ4v) is 3.83. The van der Waals surface area contributed by atoms with Crippen molar-refractivity contribution in [2.24, 2.45) is 5.92 Å². The van der Waals surface area contributed by atoms with Crippen LogP contribution in [0.5, 0.6) is 5.75 Å². The Morgan fingerprint density at radius 3 is 2.73 bits per heavy atom. The van der Waals surface area contributed by atoms with Crippen molar-refractivity contribution in [3.05, 3.63) is 51.6 Å². The lowest BCUT2D eigenvalue weighted by Gasteiger charge is -2.11. The van der Waals surface area contributed by atoms with Gasteiger partial charge in [0.25, 0.3) is 0 Å². The van der Waals surface area contributed by atoms with Crippen molar-refractivity contribution in [3.8, 4) is 5.75 Å². The van der Waals surface area contributed by atoms with Crippen molar-refractivity contribution in [1.29, 1.82) is 0 Å². The Morgan fingerprint density at radius 1 is 1.18 bits per heavy atom. The molecular weight excluding hydrogens is 316 g/mol. The van der Waals surface area contributed by atoms with Gasteiger partial charge in [-0.1, -0.05) is 37.6 Å². The second kappa shape index (κ2) is 6.27. The zero-order valence-electron chi connectivity index (χ0n) is 12.6. The van der Waals surface area contributed by atoms with Crippen LogP contribution in [-0.2, 0) is 0 Å². The molecule has 2 aromatic carbocycles. The highest BCUT2D eigenvalue weighted by Crippen LogP contribution is 2.35. The monoisotopic (exact) mass is 332 g/mol. The van der Waals surface area contributed by atoms with Crippen LogP contribution in [0.3, 0.4) is 0 Å². The quantitative estimate of drug-likeness (QED) is 0.590. The molecule has 1 aromatic heterocycles. The predicted molar refractivity (Wildman–Crippen MR) is 95.6 cm³/mol. The van der Waals surface area contributed by atoms with Crippen LogP contribution in [0.4, 0.5) is 0 Å². The number of rotatable bonds is 4. The summed E-state index contributed by atoms with van der Waals surface area (Å²) in [7, 11) is 0. The molecule has 0 aliphatic heterocycles. The largest absolute Gasteiger partial charge is 0.492 e. The van der Waals surface area contributed by atoms with Gasteiger partial charge in [-0.2, -0.15) is 0 Å². The molecule has 0 amide bonds. The maximum absolute atomic E-state index is 12.7. The number of halogens is 1. The van der Waals surface area contributed by atoms with Crippen LogP contribution < -0.4 is 10.2 Å². The molecule has 0 unspecified atom stereocenters. The maximum atomic E-state index is 12.7. The van der Waals surface area contributed by atoms with Crippen molar-refractivity contribution < 1.29 is 4.74 Å². The Bertz CT molecular complexity index is 883. The molecule has 0 aliphatic carbocycles. The average molecular weight is 333 g/mol. The summed E-state index contributed by atoms with van der Waals surface area (Å²) < 4.78 is 7.69. The van der Waals surface area contributed by atoms with Gasteiger partial charge in [-0.3, -0.25) is 4.79 Å². The number of ether oxygens (including phenoxy) is 1. The maximum Gasteiger partial charge on any atom is 0.197 e. The minimum absolute atomic E-state index is 0.0244. The molecule has 0 bridgehead atoms. The average Bonchev–Trinajstić information content (AvgIpc) is 2.49. The van der Waals surface area contributed by atoms with Crippen LogP contribution in [-0.4, -0.2) is 6.61 Å². The molecule has 0 spiro atoms. The Kier molecular flexibility index (Phi) is 4.37. The van der Waals surface area contributed by atoms with Gasteiger partial charge < -0.3 is 4.74 Å². The third kappa shape index (κ3) is 2.83. The molecular formula is C18H17ClO2S. The first-order chi connectivity index (χ1) is 10.6. The van der Waals surface area contributed by atoms with Gasteiger partial charge in [0.1, 0.15) is 5.75 Å². The fourth-order valence-electron chi connectivity index (χ4n) is 2.36. The molecule has 0 radical (unpaired) electrons. The Hall–Kier alpha value is -1.58. The van der Waals surface area contributed by atoms with E-state index in [1.807, 2.05) is 30.3 Å². The van der Waals surface area contributed by atoms with E-state index < -0.39 is 0 Å². The van der Waals surface area contributed by atoms with Crippen molar-refractivity contribution >= 4 is 43.1 Å². The van der Waals surface area contributed by atoms with Gasteiger partial charge >= 0.3 is 0 Å². The first kappa shape index (κ1) is 15.3. The van der Waals surface area contributed by atoms with E-state index >= 15 is 0 Å². The molecule has 4 heteroatoms. The van der Waals surface area contributed by atoms with Crippen LogP contribution in [0.25, 0.3) is 20.2 Å². The van der Waals surface area contributed by atoms with Gasteiger partial charge in [0.15, 0.2) is 5.43 Å². The fraction of sp³-hybridized carbons (Fsp3) is 0.278. The summed E-state index contributed by atoms with van der Waals surface area (Å²) in [5, 5.41) is 1.76. The first-order valence-electron chi connectivity index (χ1n) is 7.35. The van der Waals surface area contributed by atoms with Crippen LogP contribution >= 0.6 is 22.9 Å². The third-order valence-corrected chi connectivity index (χ3v) is 5.09. The van der Waals surface area contributed by atoms with Crippen molar-refractivity contribution in [2.75, 3.05) is 6.61 Å². The van der Waals surface area contributed by atoms with E-state index in [9.17, 15) is 4.79 Å². The molecule has 114 valence electrons. The highest BCUT2D eigenvalue weighted by atomic mass is 35.5. The lowest BCUT2D eigenvalue weighted by atomic mass is 10.1. The van der Waals surface area contributed by atoms with Crippen LogP contribution in [0.15, 0.2) is 41.2 Å². The Labute approximate surface area is 138 Å². The zero-order valence-corrected chi connectivity index (χ0v) is 14.1. The number of fused-ring (bicyclic) bond motifs is 2. The van der Waals surface area contributed by atoms with Gasteiger partial charge in [0.2, 0.25) is 0 Å². The summed E-state index contributed by atoms with van der Waals surface area (Å²) >= 11 is 7.83. The van der Waals surface area contributed by atoms with Crippen molar-refractivity contribution in [3.63, 3.8) is 0 Å². The van der Waals surface area contributed by atoms with Gasteiger partial charge in [0.05, 0.1) is 21.7 Å². The Morgan fingerprint density at radius 2 is 1.95 bits per heavy atom. The van der Waals surface area contributed by atoms with Gasteiger partial charge in [-0.15, -0.1) is 11.3 Å². The van der Waals surface area contributed by atoms with Crippen LogP contribution in [0.2, 0.25) is 5.02 Å². The minimum Gasteiger partial charge on any atom is -0.492 e. The summed E-state index contributed by atoms with van der Waals surface area (Å²) in [5.41, 5.74) is -0.0244. The minimum atomic E-state index is -0.0244. The highest BCUT2D eigenvalue weighted by Gasteiger charge is 2.13. The SMILES string of the molecule is CC(C)CCOc1ccc(Cl)c2c(=O)c3ccccc3sc12. The molecule has 0 fully saturated rings. The summed E-state index contributed by atoms with van der Waals surface area (Å²) in [4.78, 5) is 12.7. The van der Waals surface area contributed by atoms with E-state index in [2.05, 4.69) is 13.8 Å². The summed E-state index contributed by atoms with van der Waals surface area (Å²) in [6.07, 6.45) is 0.979. The third-order valence-electron chi connectivity index (χ3n) is 3.59. The van der Waals surface area contributed by atoms with Gasteiger partial charge in [-0.25, -0.2) is 0 Å². The molecule has 0 saturated heterocycles. The number of hydrogen-bond donors (Lipinski definition) is 0. The lowest BCUT2D eigenvalue weighted by molar-refractivity contribution is 0.293. The molecule has 2 nitrogen and oxygen atoms in total. The molecule has 0 aliphatic rings. The summed E-state index contributed by atoms with van der Waals surface area (Å²) in [6.45, 7) is 4.96. The lowest BCUT2D eigenvalue weighted by Crippen LogP contribution is -2.05. The van der Waals surface area contributed by atoms with E-state index in [-0.39, 0.29) is 5.43 Å². The molecule has 1 heterocycles. The second-order valence-corrected chi connectivity index (χ2v) is 7.17. The first-order valence-corrected chi connectivity index (χ1v) is 8.54. The summed E-state index contributed by atoms with van der Waals surface area (Å²) in [6, 6.07) is 11.2.